The van der Waals surface area contributed by atoms with Gasteiger partial charge in [-0.1, -0.05) is 6.07 Å². The number of carbonyl (C=O) groups is 1. The lowest BCUT2D eigenvalue weighted by atomic mass is 9.93. The van der Waals surface area contributed by atoms with E-state index in [9.17, 15) is 4.79 Å². The second-order valence-corrected chi connectivity index (χ2v) is 8.34. The molecule has 1 atom stereocenters. The maximum absolute atomic E-state index is 11.8. The predicted molar refractivity (Wildman–Crippen MR) is 117 cm³/mol. The van der Waals surface area contributed by atoms with E-state index >= 15 is 0 Å². The van der Waals surface area contributed by atoms with Gasteiger partial charge < -0.3 is 10.1 Å². The topological polar surface area (TPSA) is 96.1 Å². The van der Waals surface area contributed by atoms with Crippen LogP contribution in [-0.2, 0) is 17.9 Å². The highest BCUT2D eigenvalue weighted by atomic mass is 16.5. The third-order valence-corrected chi connectivity index (χ3v) is 6.32. The van der Waals surface area contributed by atoms with Crippen LogP contribution >= 0.6 is 0 Å². The Bertz CT molecular complexity index is 1240. The smallest absolute Gasteiger partial charge is 0.338 e. The van der Waals surface area contributed by atoms with E-state index in [-0.39, 0.29) is 12.0 Å². The van der Waals surface area contributed by atoms with Crippen molar-refractivity contribution in [2.45, 2.75) is 33.0 Å². The molecule has 0 bridgehead atoms. The first kappa shape index (κ1) is 20.4. The lowest BCUT2D eigenvalue weighted by Gasteiger charge is -2.34. The molecule has 162 valence electrons. The van der Waals surface area contributed by atoms with E-state index in [0.717, 1.165) is 48.6 Å². The molecule has 32 heavy (non-hydrogen) atoms. The van der Waals surface area contributed by atoms with E-state index in [1.807, 2.05) is 31.3 Å². The molecule has 0 aliphatic carbocycles. The number of hydrogen-bond donors (Lipinski definition) is 1. The highest BCUT2D eigenvalue weighted by molar-refractivity contribution is 5.94. The molecule has 0 unspecified atom stereocenters. The van der Waals surface area contributed by atoms with Gasteiger partial charge in [0.05, 0.1) is 16.8 Å². The Labute approximate surface area is 186 Å². The molecule has 4 heterocycles. The van der Waals surface area contributed by atoms with E-state index in [4.69, 9.17) is 15.1 Å². The summed E-state index contributed by atoms with van der Waals surface area (Å²) in [6, 6.07) is 10.2. The fraction of sp³-hybridized carbons (Fsp3) is 0.333. The molecule has 0 spiro atoms. The SMILES string of the molecule is Cc1cc(-n2ccc(CN3CCN[C@@H](c4ccc5c(c4C)COC5=O)C3)n2)ncc1C#N. The van der Waals surface area contributed by atoms with Gasteiger partial charge in [-0.05, 0) is 48.7 Å². The van der Waals surface area contributed by atoms with E-state index in [1.165, 1.54) is 5.56 Å². The molecule has 1 aromatic carbocycles. The number of aryl methyl sites for hydroxylation is 1. The third kappa shape index (κ3) is 3.66. The van der Waals surface area contributed by atoms with Crippen LogP contribution in [0.15, 0.2) is 36.7 Å². The second kappa shape index (κ2) is 8.19. The van der Waals surface area contributed by atoms with Gasteiger partial charge in [0.1, 0.15) is 12.7 Å². The summed E-state index contributed by atoms with van der Waals surface area (Å²) >= 11 is 0. The van der Waals surface area contributed by atoms with Gasteiger partial charge in [0, 0.05) is 50.2 Å². The van der Waals surface area contributed by atoms with Crippen LogP contribution in [-0.4, -0.2) is 45.3 Å². The summed E-state index contributed by atoms with van der Waals surface area (Å²) in [7, 11) is 0. The van der Waals surface area contributed by atoms with Gasteiger partial charge in [-0.3, -0.25) is 4.90 Å². The number of pyridine rings is 1. The van der Waals surface area contributed by atoms with Crippen LogP contribution < -0.4 is 5.32 Å². The predicted octanol–water partition coefficient (Wildman–Crippen LogP) is 2.57. The van der Waals surface area contributed by atoms with Crippen LogP contribution in [0, 0.1) is 25.2 Å². The summed E-state index contributed by atoms with van der Waals surface area (Å²) in [5.41, 5.74) is 6.49. The number of carbonyl (C=O) groups excluding carboxylic acids is 1. The minimum Gasteiger partial charge on any atom is -0.457 e. The van der Waals surface area contributed by atoms with Crippen molar-refractivity contribution in [1.82, 2.24) is 25.0 Å². The summed E-state index contributed by atoms with van der Waals surface area (Å²) < 4.78 is 6.96. The van der Waals surface area contributed by atoms with E-state index in [1.54, 1.807) is 10.9 Å². The molecule has 5 rings (SSSR count). The first-order chi connectivity index (χ1) is 15.5. The fourth-order valence-corrected chi connectivity index (χ4v) is 4.49. The number of piperazine rings is 1. The molecule has 8 nitrogen and oxygen atoms in total. The van der Waals surface area contributed by atoms with E-state index in [2.05, 4.69) is 34.3 Å². The van der Waals surface area contributed by atoms with Crippen molar-refractivity contribution >= 4 is 5.97 Å². The Morgan fingerprint density at radius 1 is 1.31 bits per heavy atom. The number of aromatic nitrogens is 3. The van der Waals surface area contributed by atoms with Crippen LogP contribution in [0.3, 0.4) is 0 Å². The zero-order valence-corrected chi connectivity index (χ0v) is 18.1. The van der Waals surface area contributed by atoms with Crippen LogP contribution in [0.1, 0.15) is 49.9 Å². The van der Waals surface area contributed by atoms with Gasteiger partial charge in [-0.2, -0.15) is 10.4 Å². The monoisotopic (exact) mass is 428 g/mol. The number of ether oxygens (including phenoxy) is 1. The largest absolute Gasteiger partial charge is 0.457 e. The zero-order chi connectivity index (χ0) is 22.2. The summed E-state index contributed by atoms with van der Waals surface area (Å²) in [4.78, 5) is 18.6. The number of nitriles is 1. The van der Waals surface area contributed by atoms with E-state index in [0.29, 0.717) is 23.6 Å². The van der Waals surface area contributed by atoms with Crippen molar-refractivity contribution in [3.05, 3.63) is 75.7 Å². The molecule has 1 fully saturated rings. The lowest BCUT2D eigenvalue weighted by Crippen LogP contribution is -2.45. The quantitative estimate of drug-likeness (QED) is 0.638. The molecule has 1 N–H and O–H groups in total. The number of nitrogens with one attached hydrogen (secondary N) is 1. The van der Waals surface area contributed by atoms with Crippen molar-refractivity contribution < 1.29 is 9.53 Å². The van der Waals surface area contributed by atoms with Gasteiger partial charge in [0.2, 0.25) is 0 Å². The molecule has 0 amide bonds. The number of fused-ring (bicyclic) bond motifs is 1. The number of nitrogens with zero attached hydrogens (tertiary/aromatic N) is 5. The lowest BCUT2D eigenvalue weighted by molar-refractivity contribution is 0.0535. The van der Waals surface area contributed by atoms with Gasteiger partial charge in [-0.25, -0.2) is 14.5 Å². The molecule has 2 aliphatic rings. The minimum absolute atomic E-state index is 0.190. The molecule has 3 aromatic rings. The molecule has 2 aromatic heterocycles. The van der Waals surface area contributed by atoms with Crippen LogP contribution in [0.25, 0.3) is 5.82 Å². The average molecular weight is 428 g/mol. The van der Waals surface area contributed by atoms with Gasteiger partial charge in [0.15, 0.2) is 5.82 Å². The summed E-state index contributed by atoms with van der Waals surface area (Å²) in [6.07, 6.45) is 3.50. The van der Waals surface area contributed by atoms with Gasteiger partial charge in [-0.15, -0.1) is 0 Å². The van der Waals surface area contributed by atoms with Crippen LogP contribution in [0.2, 0.25) is 0 Å². The number of cyclic esters (lactones) is 1. The highest BCUT2D eigenvalue weighted by Gasteiger charge is 2.28. The van der Waals surface area contributed by atoms with Crippen molar-refractivity contribution in [2.75, 3.05) is 19.6 Å². The minimum atomic E-state index is -0.226. The molecule has 2 aliphatic heterocycles. The zero-order valence-electron chi connectivity index (χ0n) is 18.1. The van der Waals surface area contributed by atoms with Crippen molar-refractivity contribution in [3.63, 3.8) is 0 Å². The number of hydrogen-bond acceptors (Lipinski definition) is 7. The number of esters is 1. The van der Waals surface area contributed by atoms with Crippen LogP contribution in [0.5, 0.6) is 0 Å². The Balaban J connectivity index is 1.30. The normalized spacial score (nSPS) is 18.3. The van der Waals surface area contributed by atoms with Crippen LogP contribution in [0.4, 0.5) is 0 Å². The van der Waals surface area contributed by atoms with Crippen molar-refractivity contribution in [3.8, 4) is 11.9 Å². The summed E-state index contributed by atoms with van der Waals surface area (Å²) in [5, 5.41) is 17.4. The number of rotatable bonds is 4. The molecule has 8 heteroatoms. The molecule has 0 saturated carbocycles. The first-order valence-corrected chi connectivity index (χ1v) is 10.7. The Morgan fingerprint density at radius 2 is 2.19 bits per heavy atom. The molecule has 1 saturated heterocycles. The van der Waals surface area contributed by atoms with Crippen molar-refractivity contribution in [1.29, 1.82) is 5.26 Å². The Hall–Kier alpha value is -3.54. The first-order valence-electron chi connectivity index (χ1n) is 10.7. The standard InChI is InChI=1S/C24H24N6O2/c1-15-9-23(27-11-17(15)10-25)30-7-5-18(28-30)12-29-8-6-26-22(13-29)19-3-4-20-21(16(19)2)14-32-24(20)31/h3-5,7,9,11,22,26H,6,8,12-14H2,1-2H3/t22-/m1/s1. The maximum atomic E-state index is 11.8. The Kier molecular flexibility index (Phi) is 5.21. The molecule has 0 radical (unpaired) electrons. The van der Waals surface area contributed by atoms with Gasteiger partial charge >= 0.3 is 5.97 Å². The van der Waals surface area contributed by atoms with E-state index < -0.39 is 0 Å². The van der Waals surface area contributed by atoms with Crippen molar-refractivity contribution in [2.24, 2.45) is 0 Å². The Morgan fingerprint density at radius 3 is 3.00 bits per heavy atom. The average Bonchev–Trinajstić information content (AvgIpc) is 3.41. The third-order valence-electron chi connectivity index (χ3n) is 6.32. The second-order valence-electron chi connectivity index (χ2n) is 8.34. The molecular formula is C24H24N6O2. The fourth-order valence-electron chi connectivity index (χ4n) is 4.49. The maximum Gasteiger partial charge on any atom is 0.338 e. The highest BCUT2D eigenvalue weighted by Crippen LogP contribution is 2.30. The summed E-state index contributed by atoms with van der Waals surface area (Å²) in [5.74, 6) is 0.479. The number of benzene rings is 1. The van der Waals surface area contributed by atoms with Gasteiger partial charge in [0.25, 0.3) is 0 Å². The molecular weight excluding hydrogens is 404 g/mol. The summed E-state index contributed by atoms with van der Waals surface area (Å²) in [6.45, 7) is 7.76.